The molecule has 0 aliphatic carbocycles. The molecule has 0 fully saturated rings. The van der Waals surface area contributed by atoms with E-state index in [4.69, 9.17) is 0 Å². The quantitative estimate of drug-likeness (QED) is 0.735. The molecule has 1 N–H and O–H groups in total. The number of aryl methyl sites for hydroxylation is 1. The van der Waals surface area contributed by atoms with Crippen molar-refractivity contribution in [2.24, 2.45) is 0 Å². The Kier molecular flexibility index (Phi) is 4.60. The molecule has 0 aliphatic rings. The maximum Gasteiger partial charge on any atom is 0.119 e. The van der Waals surface area contributed by atoms with E-state index in [1.54, 1.807) is 0 Å². The lowest BCUT2D eigenvalue weighted by molar-refractivity contribution is 0.460. The fourth-order valence-electron chi connectivity index (χ4n) is 1.85. The predicted molar refractivity (Wildman–Crippen MR) is 69.9 cm³/mol. The van der Waals surface area contributed by atoms with Crippen LogP contribution in [0.5, 0.6) is 5.75 Å². The molecule has 0 aliphatic heterocycles. The van der Waals surface area contributed by atoms with Crippen LogP contribution < -0.4 is 0 Å². The number of phenolic OH excluding ortho intramolecular Hbond substituents is 1. The van der Waals surface area contributed by atoms with Gasteiger partial charge in [0.15, 0.2) is 0 Å². The summed E-state index contributed by atoms with van der Waals surface area (Å²) in [7, 11) is 0. The van der Waals surface area contributed by atoms with Crippen LogP contribution in [0.15, 0.2) is 29.8 Å². The maximum absolute atomic E-state index is 9.85. The van der Waals surface area contributed by atoms with Crippen molar-refractivity contribution in [3.63, 3.8) is 0 Å². The molecule has 0 radical (unpaired) electrons. The minimum atomic E-state index is 0.413. The monoisotopic (exact) mass is 218 g/mol. The standard InChI is InChI=1S/C15H22O/c1-11(2)6-5-7-13(4)14-9-8-12(3)10-15(14)16/h6,8-10,13,16H,5,7H2,1-4H3/t13-/m0/s1. The molecular weight excluding hydrogens is 196 g/mol. The van der Waals surface area contributed by atoms with Gasteiger partial charge in [0, 0.05) is 0 Å². The van der Waals surface area contributed by atoms with Crippen LogP contribution in [0, 0.1) is 6.92 Å². The summed E-state index contributed by atoms with van der Waals surface area (Å²) in [4.78, 5) is 0. The Hall–Kier alpha value is -1.24. The zero-order chi connectivity index (χ0) is 12.1. The van der Waals surface area contributed by atoms with Gasteiger partial charge >= 0.3 is 0 Å². The van der Waals surface area contributed by atoms with Gasteiger partial charge in [0.25, 0.3) is 0 Å². The SMILES string of the molecule is CC(C)=CCC[C@H](C)c1ccc(C)cc1O. The summed E-state index contributed by atoms with van der Waals surface area (Å²) < 4.78 is 0. The van der Waals surface area contributed by atoms with Crippen LogP contribution in [0.2, 0.25) is 0 Å². The van der Waals surface area contributed by atoms with Crippen LogP contribution in [0.4, 0.5) is 0 Å². The second kappa shape index (κ2) is 5.74. The lowest BCUT2D eigenvalue weighted by Gasteiger charge is -2.13. The molecule has 1 atom stereocenters. The van der Waals surface area contributed by atoms with Gasteiger partial charge in [0.2, 0.25) is 0 Å². The van der Waals surface area contributed by atoms with E-state index in [9.17, 15) is 5.11 Å². The first kappa shape index (κ1) is 12.8. The van der Waals surface area contributed by atoms with E-state index >= 15 is 0 Å². The third-order valence-corrected chi connectivity index (χ3v) is 2.87. The first-order valence-corrected chi connectivity index (χ1v) is 5.93. The first-order chi connectivity index (χ1) is 7.50. The van der Waals surface area contributed by atoms with Gasteiger partial charge in [-0.2, -0.15) is 0 Å². The normalized spacial score (nSPS) is 12.2. The first-order valence-electron chi connectivity index (χ1n) is 5.93. The Labute approximate surface area is 98.8 Å². The lowest BCUT2D eigenvalue weighted by Crippen LogP contribution is -1.94. The largest absolute Gasteiger partial charge is 0.508 e. The van der Waals surface area contributed by atoms with Crippen LogP contribution in [0.1, 0.15) is 50.7 Å². The number of benzene rings is 1. The molecule has 88 valence electrons. The molecule has 1 aromatic carbocycles. The minimum Gasteiger partial charge on any atom is -0.508 e. The number of hydrogen-bond acceptors (Lipinski definition) is 1. The fourth-order valence-corrected chi connectivity index (χ4v) is 1.85. The van der Waals surface area contributed by atoms with Crippen molar-refractivity contribution in [1.29, 1.82) is 0 Å². The van der Waals surface area contributed by atoms with Crippen molar-refractivity contribution in [1.82, 2.24) is 0 Å². The Morgan fingerprint density at radius 3 is 2.62 bits per heavy atom. The van der Waals surface area contributed by atoms with Crippen molar-refractivity contribution >= 4 is 0 Å². The van der Waals surface area contributed by atoms with Gasteiger partial charge in [0.05, 0.1) is 0 Å². The molecule has 16 heavy (non-hydrogen) atoms. The van der Waals surface area contributed by atoms with E-state index in [1.165, 1.54) is 5.57 Å². The van der Waals surface area contributed by atoms with Gasteiger partial charge in [-0.05, 0) is 56.7 Å². The molecule has 0 saturated heterocycles. The molecule has 0 heterocycles. The molecule has 0 aromatic heterocycles. The van der Waals surface area contributed by atoms with Gasteiger partial charge in [0.1, 0.15) is 5.75 Å². The maximum atomic E-state index is 9.85. The van der Waals surface area contributed by atoms with E-state index in [1.807, 2.05) is 19.1 Å². The Bertz CT molecular complexity index is 373. The molecule has 1 nitrogen and oxygen atoms in total. The van der Waals surface area contributed by atoms with Crippen molar-refractivity contribution in [2.45, 2.75) is 46.5 Å². The highest BCUT2D eigenvalue weighted by Gasteiger charge is 2.09. The third kappa shape index (κ3) is 3.73. The number of phenols is 1. The molecule has 0 saturated carbocycles. The Morgan fingerprint density at radius 2 is 2.06 bits per heavy atom. The van der Waals surface area contributed by atoms with E-state index in [0.29, 0.717) is 11.7 Å². The van der Waals surface area contributed by atoms with Gasteiger partial charge in [-0.3, -0.25) is 0 Å². The Morgan fingerprint density at radius 1 is 1.38 bits per heavy atom. The summed E-state index contributed by atoms with van der Waals surface area (Å²) >= 11 is 0. The summed E-state index contributed by atoms with van der Waals surface area (Å²) in [6, 6.07) is 5.94. The van der Waals surface area contributed by atoms with Crippen LogP contribution in [-0.2, 0) is 0 Å². The van der Waals surface area contributed by atoms with Crippen LogP contribution in [0.3, 0.4) is 0 Å². The van der Waals surface area contributed by atoms with Crippen LogP contribution in [0.25, 0.3) is 0 Å². The average molecular weight is 218 g/mol. The zero-order valence-electron chi connectivity index (χ0n) is 10.7. The highest BCUT2D eigenvalue weighted by Crippen LogP contribution is 2.29. The van der Waals surface area contributed by atoms with Gasteiger partial charge in [-0.1, -0.05) is 30.7 Å². The zero-order valence-corrected chi connectivity index (χ0v) is 10.7. The Balaban J connectivity index is 2.66. The van der Waals surface area contributed by atoms with Crippen LogP contribution >= 0.6 is 0 Å². The summed E-state index contributed by atoms with van der Waals surface area (Å²) in [6.45, 7) is 8.41. The van der Waals surface area contributed by atoms with Crippen molar-refractivity contribution in [3.05, 3.63) is 41.0 Å². The molecule has 1 rings (SSSR count). The fraction of sp³-hybridized carbons (Fsp3) is 0.467. The van der Waals surface area contributed by atoms with Gasteiger partial charge in [-0.25, -0.2) is 0 Å². The van der Waals surface area contributed by atoms with Gasteiger partial charge < -0.3 is 5.11 Å². The van der Waals surface area contributed by atoms with E-state index in [2.05, 4.69) is 32.9 Å². The molecule has 1 aromatic rings. The molecule has 0 unspecified atom stereocenters. The second-order valence-corrected chi connectivity index (χ2v) is 4.82. The van der Waals surface area contributed by atoms with Crippen LogP contribution in [-0.4, -0.2) is 5.11 Å². The van der Waals surface area contributed by atoms with Crippen molar-refractivity contribution in [2.75, 3.05) is 0 Å². The van der Waals surface area contributed by atoms with Gasteiger partial charge in [-0.15, -0.1) is 0 Å². The smallest absolute Gasteiger partial charge is 0.119 e. The second-order valence-electron chi connectivity index (χ2n) is 4.82. The summed E-state index contributed by atoms with van der Waals surface area (Å²) in [5, 5.41) is 9.85. The third-order valence-electron chi connectivity index (χ3n) is 2.87. The molecule has 0 spiro atoms. The summed E-state index contributed by atoms with van der Waals surface area (Å²) in [5.41, 5.74) is 3.53. The minimum absolute atomic E-state index is 0.413. The number of aromatic hydroxyl groups is 1. The van der Waals surface area contributed by atoms with Crippen molar-refractivity contribution < 1.29 is 5.11 Å². The summed E-state index contributed by atoms with van der Waals surface area (Å²) in [5.74, 6) is 0.848. The topological polar surface area (TPSA) is 20.2 Å². The molecule has 1 heteroatoms. The van der Waals surface area contributed by atoms with E-state index < -0.39 is 0 Å². The predicted octanol–water partition coefficient (Wildman–Crippen LogP) is 4.55. The number of hydrogen-bond donors (Lipinski definition) is 1. The summed E-state index contributed by atoms with van der Waals surface area (Å²) in [6.07, 6.45) is 4.42. The molecule has 0 amide bonds. The number of allylic oxidation sites excluding steroid dienone is 2. The number of rotatable bonds is 4. The van der Waals surface area contributed by atoms with Crippen molar-refractivity contribution in [3.8, 4) is 5.75 Å². The lowest BCUT2D eigenvalue weighted by atomic mass is 9.94. The van der Waals surface area contributed by atoms with E-state index in [-0.39, 0.29) is 0 Å². The van der Waals surface area contributed by atoms with E-state index in [0.717, 1.165) is 24.0 Å². The molecule has 0 bridgehead atoms. The highest BCUT2D eigenvalue weighted by atomic mass is 16.3. The highest BCUT2D eigenvalue weighted by molar-refractivity contribution is 5.38. The molecular formula is C15H22O. The average Bonchev–Trinajstić information content (AvgIpc) is 2.16.